The smallest absolute Gasteiger partial charge is 0.234 e. The maximum Gasteiger partial charge on any atom is 0.234 e. The number of benzene rings is 1. The van der Waals surface area contributed by atoms with E-state index in [2.05, 4.69) is 29.4 Å². The molecule has 1 N–H and O–H groups in total. The zero-order valence-corrected chi connectivity index (χ0v) is 14.5. The summed E-state index contributed by atoms with van der Waals surface area (Å²) in [5.74, 6) is 1.47. The number of furan rings is 1. The minimum Gasteiger partial charge on any atom is -0.463 e. The number of hydrogen-bond donors (Lipinski definition) is 1. The standard InChI is InChI=1S/C18H19N3O2S/c1-12(2)13-5-7-14(8-6-13)19-17(22)11-24-18-10-15(20-21-18)16-4-3-9-23-16/h3-9,12H,10-11H2,1-2H3,(H,19,22). The topological polar surface area (TPSA) is 67.0 Å². The van der Waals surface area contributed by atoms with Crippen molar-refractivity contribution >= 4 is 34.1 Å². The molecule has 0 spiro atoms. The fourth-order valence-electron chi connectivity index (χ4n) is 2.29. The molecule has 0 atom stereocenters. The molecule has 0 saturated carbocycles. The van der Waals surface area contributed by atoms with Gasteiger partial charge in [-0.25, -0.2) is 0 Å². The first-order valence-electron chi connectivity index (χ1n) is 7.81. The fraction of sp³-hybridized carbons (Fsp3) is 0.278. The van der Waals surface area contributed by atoms with Gasteiger partial charge in [-0.2, -0.15) is 5.10 Å². The SMILES string of the molecule is CC(C)c1ccc(NC(=O)CSC2=NN=C(c3ccco3)C2)cc1. The van der Waals surface area contributed by atoms with E-state index in [1.165, 1.54) is 17.3 Å². The number of nitrogens with zero attached hydrogens (tertiary/aromatic N) is 2. The summed E-state index contributed by atoms with van der Waals surface area (Å²) >= 11 is 1.40. The molecule has 3 rings (SSSR count). The van der Waals surface area contributed by atoms with Gasteiger partial charge in [0.1, 0.15) is 16.5 Å². The zero-order valence-electron chi connectivity index (χ0n) is 13.7. The van der Waals surface area contributed by atoms with Crippen LogP contribution in [-0.4, -0.2) is 22.4 Å². The van der Waals surface area contributed by atoms with E-state index in [0.717, 1.165) is 22.2 Å². The van der Waals surface area contributed by atoms with Crippen molar-refractivity contribution in [2.24, 2.45) is 10.2 Å². The van der Waals surface area contributed by atoms with Gasteiger partial charge in [0.2, 0.25) is 5.91 Å². The van der Waals surface area contributed by atoms with E-state index in [1.807, 2.05) is 36.4 Å². The maximum atomic E-state index is 12.1. The summed E-state index contributed by atoms with van der Waals surface area (Å²) in [5.41, 5.74) is 2.86. The Kier molecular flexibility index (Phi) is 5.15. The van der Waals surface area contributed by atoms with Gasteiger partial charge in [-0.05, 0) is 35.7 Å². The van der Waals surface area contributed by atoms with Crippen LogP contribution in [0.3, 0.4) is 0 Å². The summed E-state index contributed by atoms with van der Waals surface area (Å²) in [4.78, 5) is 12.1. The van der Waals surface area contributed by atoms with Gasteiger partial charge in [0.15, 0.2) is 0 Å². The minimum absolute atomic E-state index is 0.0496. The Morgan fingerprint density at radius 3 is 2.71 bits per heavy atom. The number of thioether (sulfide) groups is 1. The van der Waals surface area contributed by atoms with Crippen LogP contribution in [0, 0.1) is 0 Å². The van der Waals surface area contributed by atoms with Gasteiger partial charge in [0.05, 0.1) is 12.0 Å². The molecule has 1 aromatic heterocycles. The molecular formula is C18H19N3O2S. The molecule has 0 radical (unpaired) electrons. The van der Waals surface area contributed by atoms with Crippen molar-refractivity contribution in [1.82, 2.24) is 0 Å². The number of amides is 1. The zero-order chi connectivity index (χ0) is 16.9. The summed E-state index contributed by atoms with van der Waals surface area (Å²) in [6.45, 7) is 4.29. The molecule has 2 heterocycles. The second-order valence-corrected chi connectivity index (χ2v) is 6.86. The van der Waals surface area contributed by atoms with Crippen LogP contribution in [0.25, 0.3) is 0 Å². The number of anilines is 1. The molecule has 1 aliphatic heterocycles. The molecule has 0 bridgehead atoms. The van der Waals surface area contributed by atoms with E-state index in [9.17, 15) is 4.79 Å². The molecule has 1 amide bonds. The van der Waals surface area contributed by atoms with E-state index in [-0.39, 0.29) is 5.91 Å². The minimum atomic E-state index is -0.0496. The third-order valence-electron chi connectivity index (χ3n) is 3.64. The van der Waals surface area contributed by atoms with Crippen LogP contribution >= 0.6 is 11.8 Å². The highest BCUT2D eigenvalue weighted by atomic mass is 32.2. The summed E-state index contributed by atoms with van der Waals surface area (Å²) in [5, 5.41) is 11.9. The molecule has 1 aromatic carbocycles. The van der Waals surface area contributed by atoms with Gasteiger partial charge in [0.25, 0.3) is 0 Å². The Bertz CT molecular complexity index is 762. The Morgan fingerprint density at radius 1 is 1.25 bits per heavy atom. The van der Waals surface area contributed by atoms with E-state index >= 15 is 0 Å². The average Bonchev–Trinajstić information content (AvgIpc) is 3.25. The number of carbonyl (C=O) groups is 1. The number of nitrogens with one attached hydrogen (secondary N) is 1. The molecule has 0 saturated heterocycles. The van der Waals surface area contributed by atoms with Crippen molar-refractivity contribution in [2.45, 2.75) is 26.2 Å². The van der Waals surface area contributed by atoms with Crippen molar-refractivity contribution in [1.29, 1.82) is 0 Å². The van der Waals surface area contributed by atoms with Gasteiger partial charge in [-0.1, -0.05) is 37.7 Å². The van der Waals surface area contributed by atoms with Crippen LogP contribution in [-0.2, 0) is 4.79 Å². The lowest BCUT2D eigenvalue weighted by molar-refractivity contribution is -0.113. The Morgan fingerprint density at radius 2 is 2.04 bits per heavy atom. The quantitative estimate of drug-likeness (QED) is 0.882. The molecular weight excluding hydrogens is 322 g/mol. The van der Waals surface area contributed by atoms with Crippen LogP contribution in [0.4, 0.5) is 5.69 Å². The second-order valence-electron chi connectivity index (χ2n) is 5.81. The van der Waals surface area contributed by atoms with Crippen molar-refractivity contribution in [2.75, 3.05) is 11.1 Å². The first-order chi connectivity index (χ1) is 11.6. The highest BCUT2D eigenvalue weighted by molar-refractivity contribution is 8.14. The highest BCUT2D eigenvalue weighted by Gasteiger charge is 2.18. The molecule has 5 nitrogen and oxygen atoms in total. The maximum absolute atomic E-state index is 12.1. The van der Waals surface area contributed by atoms with Crippen molar-refractivity contribution < 1.29 is 9.21 Å². The number of rotatable bonds is 5. The Labute approximate surface area is 145 Å². The van der Waals surface area contributed by atoms with Crippen molar-refractivity contribution in [3.63, 3.8) is 0 Å². The molecule has 1 aliphatic rings. The largest absolute Gasteiger partial charge is 0.463 e. The second kappa shape index (κ2) is 7.49. The van der Waals surface area contributed by atoms with Gasteiger partial charge >= 0.3 is 0 Å². The third kappa shape index (κ3) is 4.14. The normalized spacial score (nSPS) is 13.8. The van der Waals surface area contributed by atoms with Crippen LogP contribution in [0.5, 0.6) is 0 Å². The fourth-order valence-corrected chi connectivity index (χ4v) is 2.99. The Balaban J connectivity index is 1.45. The predicted octanol–water partition coefficient (Wildman–Crippen LogP) is 4.28. The van der Waals surface area contributed by atoms with Crippen LogP contribution in [0.1, 0.15) is 37.5 Å². The number of carbonyl (C=O) groups excluding carboxylic acids is 1. The molecule has 0 unspecified atom stereocenters. The van der Waals surface area contributed by atoms with Gasteiger partial charge in [-0.15, -0.1) is 5.10 Å². The summed E-state index contributed by atoms with van der Waals surface area (Å²) in [6.07, 6.45) is 2.22. The average molecular weight is 341 g/mol. The van der Waals surface area contributed by atoms with E-state index in [4.69, 9.17) is 4.42 Å². The Hall–Kier alpha value is -2.34. The molecule has 0 aliphatic carbocycles. The monoisotopic (exact) mass is 341 g/mol. The lowest BCUT2D eigenvalue weighted by atomic mass is 10.0. The van der Waals surface area contributed by atoms with E-state index in [0.29, 0.717) is 18.1 Å². The first kappa shape index (κ1) is 16.5. The molecule has 2 aromatic rings. The molecule has 0 fully saturated rings. The molecule has 124 valence electrons. The third-order valence-corrected chi connectivity index (χ3v) is 4.60. The van der Waals surface area contributed by atoms with Gasteiger partial charge < -0.3 is 9.73 Å². The van der Waals surface area contributed by atoms with Crippen molar-refractivity contribution in [3.8, 4) is 0 Å². The number of hydrogen-bond acceptors (Lipinski definition) is 5. The summed E-state index contributed by atoms with van der Waals surface area (Å²) in [7, 11) is 0. The van der Waals surface area contributed by atoms with E-state index in [1.54, 1.807) is 6.26 Å². The summed E-state index contributed by atoms with van der Waals surface area (Å²) < 4.78 is 5.30. The van der Waals surface area contributed by atoms with Gasteiger partial charge in [-0.3, -0.25) is 4.79 Å². The highest BCUT2D eigenvalue weighted by Crippen LogP contribution is 2.20. The summed E-state index contributed by atoms with van der Waals surface area (Å²) in [6, 6.07) is 11.6. The van der Waals surface area contributed by atoms with Crippen LogP contribution < -0.4 is 5.32 Å². The van der Waals surface area contributed by atoms with Gasteiger partial charge in [0, 0.05) is 12.1 Å². The molecule has 6 heteroatoms. The lowest BCUT2D eigenvalue weighted by Gasteiger charge is -2.08. The molecule has 24 heavy (non-hydrogen) atoms. The predicted molar refractivity (Wildman–Crippen MR) is 98.9 cm³/mol. The van der Waals surface area contributed by atoms with Crippen molar-refractivity contribution in [3.05, 3.63) is 54.0 Å². The first-order valence-corrected chi connectivity index (χ1v) is 8.80. The van der Waals surface area contributed by atoms with Crippen LogP contribution in [0.2, 0.25) is 0 Å². The van der Waals surface area contributed by atoms with Crippen LogP contribution in [0.15, 0.2) is 57.3 Å². The lowest BCUT2D eigenvalue weighted by Crippen LogP contribution is -2.15. The van der Waals surface area contributed by atoms with E-state index < -0.39 is 0 Å².